The van der Waals surface area contributed by atoms with Gasteiger partial charge >= 0.3 is 0 Å². The summed E-state index contributed by atoms with van der Waals surface area (Å²) >= 11 is 3.67. The maximum atomic E-state index is 6.28. The topological polar surface area (TPSA) is 105 Å². The summed E-state index contributed by atoms with van der Waals surface area (Å²) in [5, 5.41) is 32.6. The van der Waals surface area contributed by atoms with Gasteiger partial charge in [0.25, 0.3) is 0 Å². The van der Waals surface area contributed by atoms with E-state index in [0.29, 0.717) is 17.8 Å². The van der Waals surface area contributed by atoms with E-state index in [2.05, 4.69) is 402 Å². The second-order valence-corrected chi connectivity index (χ2v) is 36.4. The lowest BCUT2D eigenvalue weighted by Crippen LogP contribution is -2.03. The summed E-state index contributed by atoms with van der Waals surface area (Å²) in [6.07, 6.45) is 0. The van der Waals surface area contributed by atoms with E-state index in [-0.39, 0.29) is 0 Å². The number of hydrogen-bond acceptors (Lipinski definition) is 9. The first-order valence-electron chi connectivity index (χ1n) is 44.5. The van der Waals surface area contributed by atoms with Gasteiger partial charge in [0.1, 0.15) is 11.2 Å². The average molecular weight is 1720 g/mol. The lowest BCUT2D eigenvalue weighted by Gasteiger charge is -2.12. The van der Waals surface area contributed by atoms with Crippen LogP contribution in [0.1, 0.15) is 0 Å². The quantitative estimate of drug-likeness (QED) is 0.163. The van der Waals surface area contributed by atoms with Gasteiger partial charge in [-0.15, -0.1) is 22.7 Å². The van der Waals surface area contributed by atoms with Crippen LogP contribution in [0.5, 0.6) is 0 Å². The monoisotopic (exact) mass is 1720 g/mol. The highest BCUT2D eigenvalue weighted by Crippen LogP contribution is 2.48. The van der Waals surface area contributed by atoms with E-state index in [1.807, 2.05) is 53.0 Å². The number of fused-ring (bicyclic) bond motifs is 33. The van der Waals surface area contributed by atoms with Gasteiger partial charge in [0.2, 0.25) is 17.8 Å². The lowest BCUT2D eigenvalue weighted by atomic mass is 10.00. The van der Waals surface area contributed by atoms with Crippen molar-refractivity contribution in [3.8, 4) is 51.6 Å². The molecule has 9 heterocycles. The first-order chi connectivity index (χ1) is 65.4. The molecule has 30 aromatic rings. The predicted octanol–water partition coefficient (Wildman–Crippen LogP) is 32.7. The first kappa shape index (κ1) is 74.0. The number of benzene rings is 21. The van der Waals surface area contributed by atoms with Crippen molar-refractivity contribution >= 4 is 248 Å². The Balaban J connectivity index is 0.0000000991. The molecular weight excluding hydrogens is 1650 g/mol. The van der Waals surface area contributed by atoms with Crippen LogP contribution in [-0.2, 0) is 0 Å². The molecule has 0 bridgehead atoms. The molecule has 132 heavy (non-hydrogen) atoms. The fourth-order valence-electron chi connectivity index (χ4n) is 21.1. The zero-order valence-corrected chi connectivity index (χ0v) is 72.2. The van der Waals surface area contributed by atoms with Crippen LogP contribution in [0.25, 0.3) is 277 Å². The van der Waals surface area contributed by atoms with Crippen LogP contribution < -0.4 is 0 Å². The Hall–Kier alpha value is -17.2. The molecule has 612 valence electrons. The number of aromatic nitrogens is 9. The number of hydrogen-bond donors (Lipinski definition) is 0. The number of para-hydroxylation sites is 4. The Morgan fingerprint density at radius 2 is 0.439 bits per heavy atom. The summed E-state index contributed by atoms with van der Waals surface area (Å²) in [5.74, 6) is 2.01. The molecule has 0 radical (unpaired) electrons. The Labute approximate surface area is 760 Å². The Bertz CT molecular complexity index is 9520. The molecule has 21 aromatic carbocycles. The molecule has 0 aliphatic rings. The molecule has 0 unspecified atom stereocenters. The molecule has 10 nitrogen and oxygen atoms in total. The SMILES string of the molecule is c1ccc2c(c1)ccc1c2c2c3ccccc3ccc2n1-c1nc(-c2ccc3c(c2)oc2ccccc23)c2ccccc2n1.c1ccc2c(c1)ccc1c2c2c3ccccc3ccc2n1-c1nc(-c2ccc3c(c2)sc2ccccc23)c2ccccc2n1.c1ccc2c(c1)ccc1c2c2c3ccccc3ccc2n1-c1nc(-c2ccc3sc4ccccc4c3c2)c2ccccc2n1. The van der Waals surface area contributed by atoms with E-state index < -0.39 is 0 Å². The molecule has 0 atom stereocenters. The summed E-state index contributed by atoms with van der Waals surface area (Å²) in [5.41, 5.74) is 17.1. The molecule has 0 N–H and O–H groups in total. The van der Waals surface area contributed by atoms with Crippen molar-refractivity contribution in [2.24, 2.45) is 0 Å². The molecule has 0 amide bonds. The van der Waals surface area contributed by atoms with Crippen molar-refractivity contribution in [1.82, 2.24) is 43.6 Å². The van der Waals surface area contributed by atoms with Gasteiger partial charge in [0.15, 0.2) is 0 Å². The summed E-state index contributed by atoms with van der Waals surface area (Å²) < 4.78 is 18.2. The van der Waals surface area contributed by atoms with Crippen LogP contribution in [0.15, 0.2) is 423 Å². The Morgan fingerprint density at radius 3 is 0.826 bits per heavy atom. The fraction of sp³-hybridized carbons (Fsp3) is 0. The molecule has 0 saturated carbocycles. The zero-order valence-electron chi connectivity index (χ0n) is 70.6. The van der Waals surface area contributed by atoms with Crippen LogP contribution in [0.3, 0.4) is 0 Å². The number of thiophene rings is 2. The largest absolute Gasteiger partial charge is 0.456 e. The Kier molecular flexibility index (Phi) is 16.4. The second kappa shape index (κ2) is 29.2. The van der Waals surface area contributed by atoms with Gasteiger partial charge < -0.3 is 4.42 Å². The second-order valence-electron chi connectivity index (χ2n) is 34.2. The van der Waals surface area contributed by atoms with Crippen molar-refractivity contribution in [3.05, 3.63) is 419 Å². The van der Waals surface area contributed by atoms with Crippen molar-refractivity contribution in [2.75, 3.05) is 0 Å². The number of furan rings is 1. The van der Waals surface area contributed by atoms with Crippen molar-refractivity contribution in [2.45, 2.75) is 0 Å². The van der Waals surface area contributed by atoms with Crippen molar-refractivity contribution < 1.29 is 4.42 Å². The third-order valence-electron chi connectivity index (χ3n) is 27.0. The van der Waals surface area contributed by atoms with Crippen LogP contribution >= 0.6 is 22.7 Å². The predicted molar refractivity (Wildman–Crippen MR) is 556 cm³/mol. The van der Waals surface area contributed by atoms with E-state index in [1.54, 1.807) is 0 Å². The fourth-order valence-corrected chi connectivity index (χ4v) is 23.3. The number of nitrogens with zero attached hydrogens (tertiary/aromatic N) is 9. The third-order valence-corrected chi connectivity index (χ3v) is 29.3. The third kappa shape index (κ3) is 11.4. The van der Waals surface area contributed by atoms with E-state index in [1.165, 1.54) is 137 Å². The van der Waals surface area contributed by atoms with Gasteiger partial charge in [-0.25, -0.2) is 29.9 Å². The minimum Gasteiger partial charge on any atom is -0.456 e. The minimum absolute atomic E-state index is 0.647. The van der Waals surface area contributed by atoms with Gasteiger partial charge in [0.05, 0.1) is 66.7 Å². The maximum Gasteiger partial charge on any atom is 0.235 e. The molecule has 0 fully saturated rings. The summed E-state index contributed by atoms with van der Waals surface area (Å²) in [7, 11) is 0. The highest BCUT2D eigenvalue weighted by atomic mass is 32.1. The smallest absolute Gasteiger partial charge is 0.235 e. The van der Waals surface area contributed by atoms with Crippen LogP contribution in [-0.4, -0.2) is 43.6 Å². The normalized spacial score (nSPS) is 12.1. The number of rotatable bonds is 6. The Morgan fingerprint density at radius 1 is 0.174 bits per heavy atom. The minimum atomic E-state index is 0.647. The van der Waals surface area contributed by atoms with Gasteiger partial charge in [-0.3, -0.25) is 13.7 Å². The van der Waals surface area contributed by atoms with E-state index in [0.717, 1.165) is 122 Å². The van der Waals surface area contributed by atoms with E-state index in [4.69, 9.17) is 34.3 Å². The van der Waals surface area contributed by atoms with Crippen molar-refractivity contribution in [3.63, 3.8) is 0 Å². The molecule has 0 aliphatic heterocycles. The summed E-state index contributed by atoms with van der Waals surface area (Å²) in [6.45, 7) is 0. The highest BCUT2D eigenvalue weighted by molar-refractivity contribution is 7.26. The van der Waals surface area contributed by atoms with Crippen LogP contribution in [0.2, 0.25) is 0 Å². The van der Waals surface area contributed by atoms with E-state index in [9.17, 15) is 0 Å². The molecule has 30 rings (SSSR count). The van der Waals surface area contributed by atoms with Gasteiger partial charge in [-0.1, -0.05) is 315 Å². The highest BCUT2D eigenvalue weighted by Gasteiger charge is 2.27. The molecule has 12 heteroatoms. The van der Waals surface area contributed by atoms with Gasteiger partial charge in [-0.2, -0.15) is 0 Å². The molecule has 9 aromatic heterocycles. The summed E-state index contributed by atoms with van der Waals surface area (Å²) in [6, 6.07) is 149. The maximum absolute atomic E-state index is 6.28. The van der Waals surface area contributed by atoms with Gasteiger partial charge in [-0.05, 0) is 168 Å². The van der Waals surface area contributed by atoms with Gasteiger partial charge in [0, 0.05) is 116 Å². The average Bonchev–Trinajstić information content (AvgIpc) is 1.56. The van der Waals surface area contributed by atoms with E-state index >= 15 is 0 Å². The van der Waals surface area contributed by atoms with Crippen LogP contribution in [0, 0.1) is 0 Å². The molecule has 0 saturated heterocycles. The molecule has 0 aliphatic carbocycles. The van der Waals surface area contributed by atoms with Crippen LogP contribution in [0.4, 0.5) is 0 Å². The molecule has 0 spiro atoms. The zero-order chi connectivity index (χ0) is 86.3. The standard InChI is InChI=1S/C40H23N3O.2C40H23N3S/c2*1-3-11-27-24(9-1)18-21-33-37(27)38-28-12-4-2-10-25(28)19-22-34(38)43(33)40-41-32-15-7-5-14-31(32)39(42-40)26-17-20-30-29-13-6-8-16-35(29)44-36(30)23-26;1-3-11-27-24(9-1)17-20-33-37(27)38-28-12-4-2-10-25(28)18-21-34(38)43(33)40-41-32-15-7-5-14-30(32)39(42-40)26-19-22-36-31(23-26)29-13-6-8-16-35(29)44-36/h3*1-23H. The first-order valence-corrected chi connectivity index (χ1v) is 46.2. The summed E-state index contributed by atoms with van der Waals surface area (Å²) in [4.78, 5) is 31.8. The van der Waals surface area contributed by atoms with Crippen molar-refractivity contribution in [1.29, 1.82) is 0 Å². The lowest BCUT2D eigenvalue weighted by molar-refractivity contribution is 0.669. The molecular formula is C120H69N9OS2.